The van der Waals surface area contributed by atoms with Crippen LogP contribution in [0.15, 0.2) is 18.2 Å². The molecule has 0 aromatic heterocycles. The molecule has 1 unspecified atom stereocenters. The van der Waals surface area contributed by atoms with Crippen molar-refractivity contribution in [3.05, 3.63) is 35.4 Å². The van der Waals surface area contributed by atoms with E-state index in [4.69, 9.17) is 0 Å². The number of benzene rings is 1. The number of aliphatic hydroxyl groups excluding tert-OH is 1. The van der Waals surface area contributed by atoms with Crippen molar-refractivity contribution >= 4 is 0 Å². The largest absolute Gasteiger partial charge is 0.387 e. The van der Waals surface area contributed by atoms with Gasteiger partial charge in [0.2, 0.25) is 0 Å². The molecule has 1 heterocycles. The van der Waals surface area contributed by atoms with E-state index in [9.17, 15) is 13.9 Å². The average Bonchev–Trinajstić information content (AvgIpc) is 2.58. The molecule has 1 N–H and O–H groups in total. The standard InChI is InChI=1S/C18H26F2N2O/c19-14-6-7-17(20)16(12-14)18(23)13-21-8-10-22(11-9-21)15-4-2-1-3-5-15/h6-7,12,15,18,23H,1-5,8-11,13H2. The Balaban J connectivity index is 1.51. The monoisotopic (exact) mass is 324 g/mol. The third-order valence-electron chi connectivity index (χ3n) is 5.25. The minimum atomic E-state index is -0.980. The number of aliphatic hydroxyl groups is 1. The van der Waals surface area contributed by atoms with E-state index in [0.29, 0.717) is 6.54 Å². The zero-order chi connectivity index (χ0) is 16.2. The Morgan fingerprint density at radius 2 is 1.74 bits per heavy atom. The van der Waals surface area contributed by atoms with Gasteiger partial charge in [-0.3, -0.25) is 9.80 Å². The van der Waals surface area contributed by atoms with E-state index in [1.165, 1.54) is 32.1 Å². The van der Waals surface area contributed by atoms with E-state index in [0.717, 1.165) is 50.4 Å². The Kier molecular flexibility index (Phi) is 5.62. The van der Waals surface area contributed by atoms with Gasteiger partial charge in [-0.15, -0.1) is 0 Å². The fourth-order valence-electron chi connectivity index (χ4n) is 3.87. The number of hydrogen-bond donors (Lipinski definition) is 1. The van der Waals surface area contributed by atoms with Crippen molar-refractivity contribution < 1.29 is 13.9 Å². The van der Waals surface area contributed by atoms with E-state index in [1.807, 2.05) is 0 Å². The summed E-state index contributed by atoms with van der Waals surface area (Å²) in [6.45, 7) is 4.12. The van der Waals surface area contributed by atoms with Crippen molar-refractivity contribution in [2.75, 3.05) is 32.7 Å². The molecular weight excluding hydrogens is 298 g/mol. The lowest BCUT2D eigenvalue weighted by Crippen LogP contribution is -2.51. The van der Waals surface area contributed by atoms with Crippen LogP contribution in [0.1, 0.15) is 43.8 Å². The maximum Gasteiger partial charge on any atom is 0.129 e. The summed E-state index contributed by atoms with van der Waals surface area (Å²) >= 11 is 0. The fourth-order valence-corrected chi connectivity index (χ4v) is 3.87. The van der Waals surface area contributed by atoms with Gasteiger partial charge in [-0.2, -0.15) is 0 Å². The molecule has 1 saturated carbocycles. The summed E-state index contributed by atoms with van der Waals surface area (Å²) in [5, 5.41) is 10.2. The Morgan fingerprint density at radius 1 is 1.04 bits per heavy atom. The van der Waals surface area contributed by atoms with E-state index in [-0.39, 0.29) is 5.56 Å². The molecule has 23 heavy (non-hydrogen) atoms. The van der Waals surface area contributed by atoms with Gasteiger partial charge < -0.3 is 5.11 Å². The second kappa shape index (κ2) is 7.69. The van der Waals surface area contributed by atoms with Crippen LogP contribution < -0.4 is 0 Å². The van der Waals surface area contributed by atoms with Crippen LogP contribution in [-0.4, -0.2) is 53.7 Å². The topological polar surface area (TPSA) is 26.7 Å². The highest BCUT2D eigenvalue weighted by molar-refractivity contribution is 5.21. The third-order valence-corrected chi connectivity index (χ3v) is 5.25. The third kappa shape index (κ3) is 4.28. The smallest absolute Gasteiger partial charge is 0.129 e. The van der Waals surface area contributed by atoms with Crippen molar-refractivity contribution in [3.8, 4) is 0 Å². The van der Waals surface area contributed by atoms with Crippen LogP contribution in [0, 0.1) is 11.6 Å². The summed E-state index contributed by atoms with van der Waals surface area (Å²) in [6.07, 6.45) is 5.66. The maximum atomic E-state index is 13.7. The van der Waals surface area contributed by atoms with Crippen LogP contribution in [0.2, 0.25) is 0 Å². The molecule has 0 bridgehead atoms. The molecule has 1 aliphatic heterocycles. The molecule has 2 aliphatic rings. The number of rotatable bonds is 4. The summed E-state index contributed by atoms with van der Waals surface area (Å²) in [5.41, 5.74) is 0.0553. The molecule has 0 radical (unpaired) electrons. The predicted octanol–water partition coefficient (Wildman–Crippen LogP) is 2.95. The molecule has 0 amide bonds. The van der Waals surface area contributed by atoms with Gasteiger partial charge in [0.25, 0.3) is 0 Å². The quantitative estimate of drug-likeness (QED) is 0.922. The van der Waals surface area contributed by atoms with Gasteiger partial charge in [-0.05, 0) is 31.0 Å². The van der Waals surface area contributed by atoms with Gasteiger partial charge in [0.1, 0.15) is 11.6 Å². The molecule has 2 fully saturated rings. The van der Waals surface area contributed by atoms with Crippen molar-refractivity contribution in [1.29, 1.82) is 0 Å². The molecule has 1 atom stereocenters. The summed E-state index contributed by atoms with van der Waals surface area (Å²) < 4.78 is 27.0. The second-order valence-electron chi connectivity index (χ2n) is 6.81. The van der Waals surface area contributed by atoms with Crippen LogP contribution in [0.5, 0.6) is 0 Å². The Hall–Kier alpha value is -1.04. The molecule has 1 aliphatic carbocycles. The van der Waals surface area contributed by atoms with Crippen molar-refractivity contribution in [2.45, 2.75) is 44.2 Å². The first-order valence-corrected chi connectivity index (χ1v) is 8.73. The summed E-state index contributed by atoms with van der Waals surface area (Å²) in [6, 6.07) is 3.97. The molecule has 3 rings (SSSR count). The zero-order valence-electron chi connectivity index (χ0n) is 13.6. The van der Waals surface area contributed by atoms with Gasteiger partial charge in [-0.1, -0.05) is 19.3 Å². The highest BCUT2D eigenvalue weighted by Gasteiger charge is 2.26. The number of piperazine rings is 1. The van der Waals surface area contributed by atoms with Crippen molar-refractivity contribution in [3.63, 3.8) is 0 Å². The zero-order valence-corrected chi connectivity index (χ0v) is 13.6. The van der Waals surface area contributed by atoms with Crippen LogP contribution in [0.25, 0.3) is 0 Å². The molecule has 128 valence electrons. The van der Waals surface area contributed by atoms with E-state index in [1.54, 1.807) is 0 Å². The van der Waals surface area contributed by atoms with E-state index in [2.05, 4.69) is 9.80 Å². The molecule has 3 nitrogen and oxygen atoms in total. The lowest BCUT2D eigenvalue weighted by atomic mass is 9.94. The van der Waals surface area contributed by atoms with Crippen LogP contribution in [0.4, 0.5) is 8.78 Å². The van der Waals surface area contributed by atoms with Crippen LogP contribution in [-0.2, 0) is 0 Å². The van der Waals surface area contributed by atoms with Gasteiger partial charge in [0.05, 0.1) is 6.10 Å². The van der Waals surface area contributed by atoms with Gasteiger partial charge >= 0.3 is 0 Å². The first kappa shape index (κ1) is 16.8. The Labute approximate surface area is 136 Å². The molecule has 5 heteroatoms. The minimum Gasteiger partial charge on any atom is -0.387 e. The highest BCUT2D eigenvalue weighted by Crippen LogP contribution is 2.24. The summed E-state index contributed by atoms with van der Waals surface area (Å²) in [4.78, 5) is 4.71. The number of nitrogens with zero attached hydrogens (tertiary/aromatic N) is 2. The molecule has 0 spiro atoms. The van der Waals surface area contributed by atoms with Gasteiger partial charge in [0.15, 0.2) is 0 Å². The Bertz CT molecular complexity index is 512. The minimum absolute atomic E-state index is 0.0553. The normalized spacial score (nSPS) is 23.1. The second-order valence-corrected chi connectivity index (χ2v) is 6.81. The van der Waals surface area contributed by atoms with E-state index >= 15 is 0 Å². The van der Waals surface area contributed by atoms with Crippen LogP contribution >= 0.6 is 0 Å². The SMILES string of the molecule is OC(CN1CCN(C2CCCCC2)CC1)c1cc(F)ccc1F. The number of halogens is 2. The number of hydrogen-bond acceptors (Lipinski definition) is 3. The predicted molar refractivity (Wildman–Crippen MR) is 86.2 cm³/mol. The molecule has 1 aromatic rings. The Morgan fingerprint density at radius 3 is 2.43 bits per heavy atom. The molecule has 1 saturated heterocycles. The first-order valence-electron chi connectivity index (χ1n) is 8.73. The summed E-state index contributed by atoms with van der Waals surface area (Å²) in [5.74, 6) is -1.05. The maximum absolute atomic E-state index is 13.7. The van der Waals surface area contributed by atoms with Crippen LogP contribution in [0.3, 0.4) is 0 Å². The number of β-amino-alcohol motifs (C(OH)–C–C–N with tert-alkyl or cyclic N) is 1. The lowest BCUT2D eigenvalue weighted by molar-refractivity contribution is 0.0464. The molecule has 1 aromatic carbocycles. The highest BCUT2D eigenvalue weighted by atomic mass is 19.1. The van der Waals surface area contributed by atoms with Crippen molar-refractivity contribution in [2.24, 2.45) is 0 Å². The van der Waals surface area contributed by atoms with Gasteiger partial charge in [0, 0.05) is 44.3 Å². The first-order chi connectivity index (χ1) is 11.1. The van der Waals surface area contributed by atoms with Gasteiger partial charge in [-0.25, -0.2) is 8.78 Å². The molecular formula is C18H26F2N2O. The van der Waals surface area contributed by atoms with E-state index < -0.39 is 17.7 Å². The fraction of sp³-hybridized carbons (Fsp3) is 0.667. The van der Waals surface area contributed by atoms with Crippen molar-refractivity contribution in [1.82, 2.24) is 9.80 Å². The summed E-state index contributed by atoms with van der Waals surface area (Å²) in [7, 11) is 0. The average molecular weight is 324 g/mol. The lowest BCUT2D eigenvalue weighted by Gasteiger charge is -2.41.